The molecule has 1 unspecified atom stereocenters. The Balaban J connectivity index is 1.34. The largest absolute Gasteiger partial charge is 0.340 e. The normalized spacial score (nSPS) is 19.4. The first-order valence-corrected chi connectivity index (χ1v) is 10.0. The number of nitrogens with one attached hydrogen (secondary N) is 1. The first-order valence-electron chi connectivity index (χ1n) is 10.0. The molecule has 0 aliphatic carbocycles. The van der Waals surface area contributed by atoms with Gasteiger partial charge in [-0.25, -0.2) is 22.9 Å². The number of urea groups is 1. The average Bonchev–Trinajstić information content (AvgIpc) is 3.05. The summed E-state index contributed by atoms with van der Waals surface area (Å²) in [5.41, 5.74) is 0.628. The highest BCUT2D eigenvalue weighted by atomic mass is 19.2. The van der Waals surface area contributed by atoms with Gasteiger partial charge < -0.3 is 10.2 Å². The minimum absolute atomic E-state index is 0.282. The summed E-state index contributed by atoms with van der Waals surface area (Å²) in [5, 5.41) is 2.35. The van der Waals surface area contributed by atoms with Gasteiger partial charge >= 0.3 is 6.03 Å². The maximum atomic E-state index is 13.5. The van der Waals surface area contributed by atoms with Crippen molar-refractivity contribution in [1.82, 2.24) is 20.1 Å². The van der Waals surface area contributed by atoms with Gasteiger partial charge in [0.2, 0.25) is 5.91 Å². The highest BCUT2D eigenvalue weighted by Gasteiger charge is 2.41. The Morgan fingerprint density at radius 2 is 1.78 bits per heavy atom. The van der Waals surface area contributed by atoms with Crippen LogP contribution in [-0.4, -0.2) is 64.9 Å². The van der Waals surface area contributed by atoms with Crippen molar-refractivity contribution < 1.29 is 27.6 Å². The molecule has 2 fully saturated rings. The molecule has 0 radical (unpaired) electrons. The SMILES string of the molecule is O=C(CC1NC(=O)N(c2cc(F)c(F)c(F)c2)C1=O)N1CCN(Cc2cccnc2)CC1. The second-order valence-corrected chi connectivity index (χ2v) is 7.62. The lowest BCUT2D eigenvalue weighted by molar-refractivity contribution is -0.135. The van der Waals surface area contributed by atoms with Crippen molar-refractivity contribution in [3.63, 3.8) is 0 Å². The highest BCUT2D eigenvalue weighted by molar-refractivity contribution is 6.22. The molecule has 1 atom stereocenters. The summed E-state index contributed by atoms with van der Waals surface area (Å²) in [6, 6.07) is 2.85. The number of anilines is 1. The number of amides is 4. The molecule has 168 valence electrons. The second kappa shape index (κ2) is 8.95. The number of piperazine rings is 1. The van der Waals surface area contributed by atoms with Crippen molar-refractivity contribution in [3.8, 4) is 0 Å². The van der Waals surface area contributed by atoms with Crippen LogP contribution in [0.25, 0.3) is 0 Å². The number of halogens is 3. The Kier molecular flexibility index (Phi) is 6.08. The number of imide groups is 1. The standard InChI is InChI=1S/C21H20F3N5O3/c22-15-8-14(9-16(23)19(15)24)29-20(31)17(26-21(29)32)10-18(30)28-6-4-27(5-7-28)12-13-2-1-3-25-11-13/h1-3,8-9,11,17H,4-7,10,12H2,(H,26,32). The fraction of sp³-hybridized carbons (Fsp3) is 0.333. The van der Waals surface area contributed by atoms with Crippen molar-refractivity contribution >= 4 is 23.5 Å². The summed E-state index contributed by atoms with van der Waals surface area (Å²) < 4.78 is 40.2. The van der Waals surface area contributed by atoms with E-state index < -0.39 is 41.1 Å². The van der Waals surface area contributed by atoms with Crippen molar-refractivity contribution in [1.29, 1.82) is 0 Å². The fourth-order valence-corrected chi connectivity index (χ4v) is 3.79. The van der Waals surface area contributed by atoms with Crippen LogP contribution in [0.4, 0.5) is 23.7 Å². The zero-order valence-electron chi connectivity index (χ0n) is 16.9. The smallest absolute Gasteiger partial charge is 0.329 e. The monoisotopic (exact) mass is 447 g/mol. The topological polar surface area (TPSA) is 85.8 Å². The summed E-state index contributed by atoms with van der Waals surface area (Å²) in [6.45, 7) is 2.93. The fourth-order valence-electron chi connectivity index (χ4n) is 3.79. The maximum Gasteiger partial charge on any atom is 0.329 e. The van der Waals surface area contributed by atoms with E-state index in [2.05, 4.69) is 15.2 Å². The maximum absolute atomic E-state index is 13.5. The number of hydrogen-bond donors (Lipinski definition) is 1. The van der Waals surface area contributed by atoms with Gasteiger partial charge in [0.05, 0.1) is 12.1 Å². The van der Waals surface area contributed by atoms with Gasteiger partial charge in [0.15, 0.2) is 17.5 Å². The van der Waals surface area contributed by atoms with Gasteiger partial charge in [-0.15, -0.1) is 0 Å². The molecule has 0 saturated carbocycles. The van der Waals surface area contributed by atoms with Gasteiger partial charge in [0.25, 0.3) is 5.91 Å². The molecule has 2 aliphatic heterocycles. The number of nitrogens with zero attached hydrogens (tertiary/aromatic N) is 4. The van der Waals surface area contributed by atoms with E-state index in [9.17, 15) is 27.6 Å². The van der Waals surface area contributed by atoms with E-state index in [-0.39, 0.29) is 12.3 Å². The summed E-state index contributed by atoms with van der Waals surface area (Å²) >= 11 is 0. The molecule has 2 aromatic rings. The van der Waals surface area contributed by atoms with E-state index in [4.69, 9.17) is 0 Å². The lowest BCUT2D eigenvalue weighted by atomic mass is 10.1. The molecule has 2 aliphatic rings. The van der Waals surface area contributed by atoms with E-state index in [1.54, 1.807) is 17.3 Å². The number of aromatic nitrogens is 1. The molecular formula is C21H20F3N5O3. The lowest BCUT2D eigenvalue weighted by Gasteiger charge is -2.35. The van der Waals surface area contributed by atoms with Crippen LogP contribution < -0.4 is 10.2 Å². The third-order valence-electron chi connectivity index (χ3n) is 5.48. The molecule has 32 heavy (non-hydrogen) atoms. The van der Waals surface area contributed by atoms with E-state index in [1.165, 1.54) is 0 Å². The van der Waals surface area contributed by atoms with E-state index in [1.807, 2.05) is 12.1 Å². The zero-order valence-corrected chi connectivity index (χ0v) is 16.9. The molecule has 0 bridgehead atoms. The first-order chi connectivity index (χ1) is 15.3. The molecule has 2 saturated heterocycles. The summed E-state index contributed by atoms with van der Waals surface area (Å²) in [5.74, 6) is -5.89. The Bertz CT molecular complexity index is 1020. The summed E-state index contributed by atoms with van der Waals surface area (Å²) in [7, 11) is 0. The molecule has 1 N–H and O–H groups in total. The van der Waals surface area contributed by atoms with Gasteiger partial charge in [0.1, 0.15) is 6.04 Å². The van der Waals surface area contributed by atoms with Crippen LogP contribution in [0.3, 0.4) is 0 Å². The van der Waals surface area contributed by atoms with Gasteiger partial charge in [-0.2, -0.15) is 0 Å². The first kappa shape index (κ1) is 21.8. The molecule has 11 heteroatoms. The molecule has 3 heterocycles. The van der Waals surface area contributed by atoms with Crippen LogP contribution in [0.15, 0.2) is 36.7 Å². The molecule has 4 rings (SSSR count). The van der Waals surface area contributed by atoms with E-state index in [0.29, 0.717) is 49.8 Å². The van der Waals surface area contributed by atoms with Crippen LogP contribution >= 0.6 is 0 Å². The van der Waals surface area contributed by atoms with Crippen LogP contribution in [0.1, 0.15) is 12.0 Å². The Hall–Kier alpha value is -3.47. The second-order valence-electron chi connectivity index (χ2n) is 7.62. The van der Waals surface area contributed by atoms with Gasteiger partial charge in [-0.1, -0.05) is 6.07 Å². The van der Waals surface area contributed by atoms with Gasteiger partial charge in [0, 0.05) is 57.3 Å². The van der Waals surface area contributed by atoms with Crippen LogP contribution in [0.5, 0.6) is 0 Å². The van der Waals surface area contributed by atoms with Crippen molar-refractivity contribution in [3.05, 3.63) is 59.7 Å². The van der Waals surface area contributed by atoms with Crippen LogP contribution in [-0.2, 0) is 16.1 Å². The molecule has 1 aromatic heterocycles. The Morgan fingerprint density at radius 3 is 2.41 bits per heavy atom. The minimum atomic E-state index is -1.70. The third-order valence-corrected chi connectivity index (χ3v) is 5.48. The number of pyridine rings is 1. The molecule has 1 aromatic carbocycles. The minimum Gasteiger partial charge on any atom is -0.340 e. The number of carbonyl (C=O) groups excluding carboxylic acids is 3. The third kappa shape index (κ3) is 4.42. The summed E-state index contributed by atoms with van der Waals surface area (Å²) in [6.07, 6.45) is 3.21. The molecule has 4 amide bonds. The van der Waals surface area contributed by atoms with E-state index >= 15 is 0 Å². The van der Waals surface area contributed by atoms with Crippen LogP contribution in [0.2, 0.25) is 0 Å². The Labute approximate surface area is 181 Å². The van der Waals surface area contributed by atoms with Gasteiger partial charge in [-0.3, -0.25) is 19.5 Å². The quantitative estimate of drug-likeness (QED) is 0.557. The van der Waals surface area contributed by atoms with Crippen LogP contribution in [0, 0.1) is 17.5 Å². The highest BCUT2D eigenvalue weighted by Crippen LogP contribution is 2.25. The van der Waals surface area contributed by atoms with Gasteiger partial charge in [-0.05, 0) is 11.6 Å². The number of carbonyl (C=O) groups is 3. The summed E-state index contributed by atoms with van der Waals surface area (Å²) in [4.78, 5) is 45.9. The van der Waals surface area contributed by atoms with E-state index in [0.717, 1.165) is 5.56 Å². The Morgan fingerprint density at radius 1 is 1.09 bits per heavy atom. The number of rotatable bonds is 5. The lowest BCUT2D eigenvalue weighted by Crippen LogP contribution is -2.49. The molecular weight excluding hydrogens is 427 g/mol. The number of benzene rings is 1. The average molecular weight is 447 g/mol. The predicted molar refractivity (Wildman–Crippen MR) is 107 cm³/mol. The molecule has 8 nitrogen and oxygen atoms in total. The van der Waals surface area contributed by atoms with Crippen molar-refractivity contribution in [2.24, 2.45) is 0 Å². The zero-order chi connectivity index (χ0) is 22.8. The predicted octanol–water partition coefficient (Wildman–Crippen LogP) is 1.66. The van der Waals surface area contributed by atoms with Crippen molar-refractivity contribution in [2.45, 2.75) is 19.0 Å². The van der Waals surface area contributed by atoms with Crippen molar-refractivity contribution in [2.75, 3.05) is 31.1 Å². The molecule has 0 spiro atoms. The number of hydrogen-bond acceptors (Lipinski definition) is 5.